The van der Waals surface area contributed by atoms with E-state index < -0.39 is 0 Å². The SMILES string of the molecule is CNC1C(=O)Nc2cc(Oc3ccc(C)cc3)ccc21. The summed E-state index contributed by atoms with van der Waals surface area (Å²) in [6.07, 6.45) is 0. The summed E-state index contributed by atoms with van der Waals surface area (Å²) in [5.41, 5.74) is 2.95. The third-order valence-corrected chi connectivity index (χ3v) is 3.40. The van der Waals surface area contributed by atoms with Gasteiger partial charge in [-0.15, -0.1) is 0 Å². The standard InChI is InChI=1S/C16H16N2O2/c1-10-3-5-11(6-4-10)20-12-7-8-13-14(9-12)18-16(19)15(13)17-2/h3-9,15,17H,1-2H3,(H,18,19). The van der Waals surface area contributed by atoms with Crippen LogP contribution in [0.25, 0.3) is 0 Å². The molecule has 1 amide bonds. The van der Waals surface area contributed by atoms with E-state index in [9.17, 15) is 4.79 Å². The molecule has 3 rings (SSSR count). The molecular weight excluding hydrogens is 252 g/mol. The largest absolute Gasteiger partial charge is 0.457 e. The summed E-state index contributed by atoms with van der Waals surface area (Å²) < 4.78 is 5.79. The zero-order valence-corrected chi connectivity index (χ0v) is 11.4. The van der Waals surface area contributed by atoms with Crippen LogP contribution in [0.1, 0.15) is 17.2 Å². The summed E-state index contributed by atoms with van der Waals surface area (Å²) >= 11 is 0. The number of rotatable bonds is 3. The molecule has 2 aromatic rings. The maximum atomic E-state index is 11.8. The van der Waals surface area contributed by atoms with Crippen molar-refractivity contribution in [3.63, 3.8) is 0 Å². The molecule has 1 atom stereocenters. The lowest BCUT2D eigenvalue weighted by Gasteiger charge is -2.09. The first-order chi connectivity index (χ1) is 9.67. The van der Waals surface area contributed by atoms with E-state index in [1.54, 1.807) is 7.05 Å². The van der Waals surface area contributed by atoms with Gasteiger partial charge in [-0.3, -0.25) is 4.79 Å². The highest BCUT2D eigenvalue weighted by Crippen LogP contribution is 2.34. The molecule has 2 aromatic carbocycles. The van der Waals surface area contributed by atoms with E-state index in [1.807, 2.05) is 49.4 Å². The lowest BCUT2D eigenvalue weighted by molar-refractivity contribution is -0.117. The molecule has 0 saturated carbocycles. The summed E-state index contributed by atoms with van der Waals surface area (Å²) in [4.78, 5) is 11.8. The summed E-state index contributed by atoms with van der Waals surface area (Å²) in [6, 6.07) is 13.2. The van der Waals surface area contributed by atoms with Crippen LogP contribution in [-0.2, 0) is 4.79 Å². The van der Waals surface area contributed by atoms with Gasteiger partial charge < -0.3 is 15.4 Å². The number of likely N-dealkylation sites (N-methyl/N-ethyl adjacent to an activating group) is 1. The summed E-state index contributed by atoms with van der Waals surface area (Å²) in [6.45, 7) is 2.03. The van der Waals surface area contributed by atoms with Crippen LogP contribution in [0.15, 0.2) is 42.5 Å². The van der Waals surface area contributed by atoms with Crippen molar-refractivity contribution >= 4 is 11.6 Å². The van der Waals surface area contributed by atoms with Gasteiger partial charge in [-0.05, 0) is 32.2 Å². The normalized spacial score (nSPS) is 16.7. The Labute approximate surface area is 117 Å². The molecule has 0 bridgehead atoms. The molecule has 1 unspecified atom stereocenters. The zero-order chi connectivity index (χ0) is 14.1. The number of ether oxygens (including phenoxy) is 1. The van der Waals surface area contributed by atoms with Crippen LogP contribution in [0.2, 0.25) is 0 Å². The number of hydrogen-bond acceptors (Lipinski definition) is 3. The first-order valence-corrected chi connectivity index (χ1v) is 6.54. The van der Waals surface area contributed by atoms with Gasteiger partial charge in [0.1, 0.15) is 17.5 Å². The number of nitrogens with one attached hydrogen (secondary N) is 2. The van der Waals surface area contributed by atoms with Crippen LogP contribution in [0.3, 0.4) is 0 Å². The van der Waals surface area contributed by atoms with Gasteiger partial charge in [0.05, 0.1) is 0 Å². The molecule has 4 nitrogen and oxygen atoms in total. The number of amides is 1. The predicted octanol–water partition coefficient (Wildman–Crippen LogP) is 3.00. The molecule has 1 aliphatic heterocycles. The molecule has 0 saturated heterocycles. The first kappa shape index (κ1) is 12.7. The van der Waals surface area contributed by atoms with E-state index in [4.69, 9.17) is 4.74 Å². The van der Waals surface area contributed by atoms with Gasteiger partial charge in [-0.2, -0.15) is 0 Å². The van der Waals surface area contributed by atoms with Gasteiger partial charge in [-0.1, -0.05) is 23.8 Å². The van der Waals surface area contributed by atoms with Gasteiger partial charge in [0, 0.05) is 17.3 Å². The Morgan fingerprint density at radius 3 is 2.50 bits per heavy atom. The maximum Gasteiger partial charge on any atom is 0.246 e. The summed E-state index contributed by atoms with van der Waals surface area (Å²) in [5.74, 6) is 1.46. The quantitative estimate of drug-likeness (QED) is 0.899. The highest BCUT2D eigenvalue weighted by atomic mass is 16.5. The minimum absolute atomic E-state index is 0.0324. The fourth-order valence-electron chi connectivity index (χ4n) is 2.33. The van der Waals surface area contributed by atoms with E-state index in [-0.39, 0.29) is 11.9 Å². The first-order valence-electron chi connectivity index (χ1n) is 6.54. The van der Waals surface area contributed by atoms with E-state index in [1.165, 1.54) is 5.56 Å². The number of aryl methyl sites for hydroxylation is 1. The summed E-state index contributed by atoms with van der Waals surface area (Å²) in [5, 5.41) is 5.84. The number of carbonyl (C=O) groups excluding carboxylic acids is 1. The van der Waals surface area contributed by atoms with Crippen LogP contribution >= 0.6 is 0 Å². The van der Waals surface area contributed by atoms with Crippen LogP contribution in [0.5, 0.6) is 11.5 Å². The van der Waals surface area contributed by atoms with Crippen LogP contribution in [0, 0.1) is 6.92 Å². The van der Waals surface area contributed by atoms with Gasteiger partial charge in [-0.25, -0.2) is 0 Å². The Morgan fingerprint density at radius 2 is 1.80 bits per heavy atom. The number of hydrogen-bond donors (Lipinski definition) is 2. The molecule has 2 N–H and O–H groups in total. The number of carbonyl (C=O) groups is 1. The minimum Gasteiger partial charge on any atom is -0.457 e. The smallest absolute Gasteiger partial charge is 0.246 e. The Morgan fingerprint density at radius 1 is 1.10 bits per heavy atom. The Bertz CT molecular complexity index is 650. The second-order valence-electron chi connectivity index (χ2n) is 4.88. The van der Waals surface area contributed by atoms with E-state index in [2.05, 4.69) is 10.6 Å². The number of fused-ring (bicyclic) bond motifs is 1. The monoisotopic (exact) mass is 268 g/mol. The summed E-state index contributed by atoms with van der Waals surface area (Å²) in [7, 11) is 1.77. The fraction of sp³-hybridized carbons (Fsp3) is 0.188. The average molecular weight is 268 g/mol. The van der Waals surface area contributed by atoms with Crippen molar-refractivity contribution in [2.45, 2.75) is 13.0 Å². The lowest BCUT2D eigenvalue weighted by Crippen LogP contribution is -2.23. The van der Waals surface area contributed by atoms with Crippen molar-refractivity contribution in [2.24, 2.45) is 0 Å². The Kier molecular flexibility index (Phi) is 3.16. The highest BCUT2D eigenvalue weighted by Gasteiger charge is 2.29. The maximum absolute atomic E-state index is 11.8. The third-order valence-electron chi connectivity index (χ3n) is 3.40. The van der Waals surface area contributed by atoms with Gasteiger partial charge in [0.15, 0.2) is 0 Å². The van der Waals surface area contributed by atoms with Gasteiger partial charge in [0.2, 0.25) is 5.91 Å². The third kappa shape index (κ3) is 2.26. The predicted molar refractivity (Wildman–Crippen MR) is 78.1 cm³/mol. The molecule has 20 heavy (non-hydrogen) atoms. The molecule has 0 aliphatic carbocycles. The fourth-order valence-corrected chi connectivity index (χ4v) is 2.33. The van der Waals surface area contributed by atoms with Crippen molar-refractivity contribution in [1.29, 1.82) is 0 Å². The second kappa shape index (κ2) is 4.98. The van der Waals surface area contributed by atoms with Crippen molar-refractivity contribution in [2.75, 3.05) is 12.4 Å². The van der Waals surface area contributed by atoms with Gasteiger partial charge in [0.25, 0.3) is 0 Å². The second-order valence-corrected chi connectivity index (χ2v) is 4.88. The molecular formula is C16H16N2O2. The molecule has 0 spiro atoms. The molecule has 0 aromatic heterocycles. The van der Waals surface area contributed by atoms with Gasteiger partial charge >= 0.3 is 0 Å². The molecule has 1 aliphatic rings. The van der Waals surface area contributed by atoms with E-state index >= 15 is 0 Å². The highest BCUT2D eigenvalue weighted by molar-refractivity contribution is 6.02. The Hall–Kier alpha value is -2.33. The molecule has 0 radical (unpaired) electrons. The minimum atomic E-state index is -0.279. The number of anilines is 1. The van der Waals surface area contributed by atoms with Crippen molar-refractivity contribution < 1.29 is 9.53 Å². The topological polar surface area (TPSA) is 50.4 Å². The van der Waals surface area contributed by atoms with Crippen molar-refractivity contribution in [1.82, 2.24) is 5.32 Å². The van der Waals surface area contributed by atoms with Crippen LogP contribution in [-0.4, -0.2) is 13.0 Å². The molecule has 102 valence electrons. The van der Waals surface area contributed by atoms with Crippen LogP contribution < -0.4 is 15.4 Å². The number of benzene rings is 2. The van der Waals surface area contributed by atoms with Crippen molar-refractivity contribution in [3.8, 4) is 11.5 Å². The van der Waals surface area contributed by atoms with E-state index in [0.717, 1.165) is 17.0 Å². The molecule has 4 heteroatoms. The lowest BCUT2D eigenvalue weighted by atomic mass is 10.1. The zero-order valence-electron chi connectivity index (χ0n) is 11.4. The van der Waals surface area contributed by atoms with Crippen molar-refractivity contribution in [3.05, 3.63) is 53.6 Å². The average Bonchev–Trinajstić information content (AvgIpc) is 2.76. The Balaban J connectivity index is 1.85. The molecule has 1 heterocycles. The molecule has 0 fully saturated rings. The van der Waals surface area contributed by atoms with Crippen LogP contribution in [0.4, 0.5) is 5.69 Å². The van der Waals surface area contributed by atoms with E-state index in [0.29, 0.717) is 5.75 Å².